The molecule has 0 aromatic carbocycles. The number of alkyl halides is 2. The second-order valence-electron chi connectivity index (χ2n) is 2.48. The monoisotopic (exact) mass is 276 g/mol. The molecule has 0 fully saturated rings. The zero-order valence-electron chi connectivity index (χ0n) is 7.04. The lowest BCUT2D eigenvalue weighted by Crippen LogP contribution is -2.08. The van der Waals surface area contributed by atoms with Crippen molar-refractivity contribution in [3.05, 3.63) is 27.5 Å². The molecular weight excluding hydrogens is 274 g/mol. The first kappa shape index (κ1) is 11.5. The summed E-state index contributed by atoms with van der Waals surface area (Å²) in [6.07, 6.45) is -2.97. The van der Waals surface area contributed by atoms with Gasteiger partial charge in [-0.2, -0.15) is 5.26 Å². The molecule has 0 aliphatic heterocycles. The molecule has 0 unspecified atom stereocenters. The van der Waals surface area contributed by atoms with Crippen molar-refractivity contribution < 1.29 is 18.7 Å². The largest absolute Gasteiger partial charge is 0.478 e. The van der Waals surface area contributed by atoms with Crippen LogP contribution < -0.4 is 0 Å². The fraction of sp³-hybridized carbons (Fsp3) is 0.125. The number of hydrogen-bond acceptors (Lipinski definition) is 3. The van der Waals surface area contributed by atoms with Crippen LogP contribution in [0.5, 0.6) is 0 Å². The summed E-state index contributed by atoms with van der Waals surface area (Å²) >= 11 is 2.82. The van der Waals surface area contributed by atoms with E-state index in [1.54, 1.807) is 0 Å². The van der Waals surface area contributed by atoms with Gasteiger partial charge in [0, 0.05) is 5.56 Å². The second kappa shape index (κ2) is 4.31. The van der Waals surface area contributed by atoms with Crippen molar-refractivity contribution in [3.8, 4) is 6.07 Å². The summed E-state index contributed by atoms with van der Waals surface area (Å²) in [6, 6.07) is 2.34. The Bertz CT molecular complexity index is 457. The molecule has 0 amide bonds. The van der Waals surface area contributed by atoms with Crippen LogP contribution in [-0.2, 0) is 0 Å². The number of rotatable bonds is 2. The number of halogens is 3. The van der Waals surface area contributed by atoms with Crippen LogP contribution in [0.1, 0.15) is 28.0 Å². The quantitative estimate of drug-likeness (QED) is 0.842. The number of carboxylic acids is 1. The van der Waals surface area contributed by atoms with Crippen LogP contribution >= 0.6 is 15.9 Å². The van der Waals surface area contributed by atoms with E-state index < -0.39 is 29.2 Å². The topological polar surface area (TPSA) is 74.0 Å². The Kier molecular flexibility index (Phi) is 3.31. The Labute approximate surface area is 91.3 Å². The molecule has 1 aromatic heterocycles. The summed E-state index contributed by atoms with van der Waals surface area (Å²) in [6.45, 7) is 0. The Morgan fingerprint density at radius 2 is 2.27 bits per heavy atom. The zero-order valence-corrected chi connectivity index (χ0v) is 8.62. The van der Waals surface area contributed by atoms with Crippen LogP contribution in [0, 0.1) is 11.3 Å². The lowest BCUT2D eigenvalue weighted by molar-refractivity contribution is 0.0683. The second-order valence-corrected chi connectivity index (χ2v) is 3.29. The van der Waals surface area contributed by atoms with Crippen molar-refractivity contribution in [2.45, 2.75) is 6.43 Å². The van der Waals surface area contributed by atoms with Gasteiger partial charge in [0.05, 0.1) is 0 Å². The van der Waals surface area contributed by atoms with Crippen LogP contribution in [0.2, 0.25) is 0 Å². The molecule has 0 bridgehead atoms. The fourth-order valence-electron chi connectivity index (χ4n) is 1.01. The average molecular weight is 277 g/mol. The number of hydrogen-bond donors (Lipinski definition) is 1. The smallest absolute Gasteiger partial charge is 0.339 e. The Hall–Kier alpha value is -1.55. The maximum absolute atomic E-state index is 12.5. The molecule has 1 heterocycles. The van der Waals surface area contributed by atoms with Gasteiger partial charge in [-0.05, 0) is 22.0 Å². The minimum atomic E-state index is -2.97. The van der Waals surface area contributed by atoms with Gasteiger partial charge in [-0.3, -0.25) is 0 Å². The van der Waals surface area contributed by atoms with Gasteiger partial charge in [0.1, 0.15) is 16.2 Å². The summed E-state index contributed by atoms with van der Waals surface area (Å²) in [5.74, 6) is -1.60. The summed E-state index contributed by atoms with van der Waals surface area (Å²) < 4.78 is 24.9. The van der Waals surface area contributed by atoms with E-state index in [0.717, 1.165) is 6.07 Å². The van der Waals surface area contributed by atoms with E-state index >= 15 is 0 Å². The van der Waals surface area contributed by atoms with Gasteiger partial charge in [-0.15, -0.1) is 0 Å². The standard InChI is InChI=1S/C8H3BrF2N2O2/c9-5-1-3(7(10)11)6(8(14)15)4(2-12)13-5/h1,7H,(H,14,15). The summed E-state index contributed by atoms with van der Waals surface area (Å²) in [5.41, 5.74) is -2.01. The highest BCUT2D eigenvalue weighted by molar-refractivity contribution is 9.10. The molecule has 0 saturated carbocycles. The van der Waals surface area contributed by atoms with Crippen molar-refractivity contribution >= 4 is 21.9 Å². The van der Waals surface area contributed by atoms with Crippen LogP contribution in [0.15, 0.2) is 10.7 Å². The molecule has 1 rings (SSSR count). The van der Waals surface area contributed by atoms with E-state index in [0.29, 0.717) is 0 Å². The molecule has 0 saturated heterocycles. The van der Waals surface area contributed by atoms with Crippen molar-refractivity contribution in [3.63, 3.8) is 0 Å². The lowest BCUT2D eigenvalue weighted by atomic mass is 10.1. The third-order valence-electron chi connectivity index (χ3n) is 1.57. The first-order valence-corrected chi connectivity index (χ1v) is 4.38. The minimum absolute atomic E-state index is 0.000602. The van der Waals surface area contributed by atoms with E-state index in [1.165, 1.54) is 6.07 Å². The Morgan fingerprint density at radius 3 is 2.67 bits per heavy atom. The number of nitrogens with zero attached hydrogens (tertiary/aromatic N) is 2. The molecule has 78 valence electrons. The molecule has 0 atom stereocenters. The maximum Gasteiger partial charge on any atom is 0.339 e. The number of nitriles is 1. The predicted molar refractivity (Wildman–Crippen MR) is 48.6 cm³/mol. The number of aromatic carboxylic acids is 1. The molecule has 4 nitrogen and oxygen atoms in total. The van der Waals surface area contributed by atoms with Crippen LogP contribution in [0.4, 0.5) is 8.78 Å². The third-order valence-corrected chi connectivity index (χ3v) is 1.98. The highest BCUT2D eigenvalue weighted by Gasteiger charge is 2.23. The normalized spacial score (nSPS) is 10.1. The van der Waals surface area contributed by atoms with Crippen molar-refractivity contribution in [1.29, 1.82) is 5.26 Å². The van der Waals surface area contributed by atoms with Crippen molar-refractivity contribution in [2.75, 3.05) is 0 Å². The Balaban J connectivity index is 3.56. The van der Waals surface area contributed by atoms with Gasteiger partial charge in [-0.25, -0.2) is 18.6 Å². The fourth-order valence-corrected chi connectivity index (χ4v) is 1.43. The van der Waals surface area contributed by atoms with E-state index in [-0.39, 0.29) is 4.60 Å². The van der Waals surface area contributed by atoms with Crippen molar-refractivity contribution in [2.24, 2.45) is 0 Å². The molecule has 1 aromatic rings. The summed E-state index contributed by atoms with van der Waals surface area (Å²) in [7, 11) is 0. The average Bonchev–Trinajstić information content (AvgIpc) is 2.15. The van der Waals surface area contributed by atoms with Crippen LogP contribution in [0.3, 0.4) is 0 Å². The third kappa shape index (κ3) is 2.27. The number of carboxylic acid groups (broad SMARTS) is 1. The molecule has 7 heteroatoms. The highest BCUT2D eigenvalue weighted by Crippen LogP contribution is 2.27. The first-order chi connectivity index (χ1) is 6.97. The minimum Gasteiger partial charge on any atom is -0.478 e. The first-order valence-electron chi connectivity index (χ1n) is 3.59. The number of pyridine rings is 1. The van der Waals surface area contributed by atoms with E-state index in [1.807, 2.05) is 0 Å². The highest BCUT2D eigenvalue weighted by atomic mass is 79.9. The number of carbonyl (C=O) groups is 1. The van der Waals surface area contributed by atoms with Gasteiger partial charge in [0.25, 0.3) is 6.43 Å². The molecule has 0 aliphatic carbocycles. The summed E-state index contributed by atoms with van der Waals surface area (Å²) in [4.78, 5) is 14.2. The van der Waals surface area contributed by atoms with Gasteiger partial charge >= 0.3 is 5.97 Å². The predicted octanol–water partition coefficient (Wildman–Crippen LogP) is 2.35. The Morgan fingerprint density at radius 1 is 1.67 bits per heavy atom. The molecule has 15 heavy (non-hydrogen) atoms. The SMILES string of the molecule is N#Cc1nc(Br)cc(C(F)F)c1C(=O)O. The number of aromatic nitrogens is 1. The molecule has 0 radical (unpaired) electrons. The zero-order chi connectivity index (χ0) is 11.6. The molecular formula is C8H3BrF2N2O2. The van der Waals surface area contributed by atoms with E-state index in [2.05, 4.69) is 20.9 Å². The molecule has 1 N–H and O–H groups in total. The van der Waals surface area contributed by atoms with Gasteiger partial charge in [0.15, 0.2) is 5.69 Å². The van der Waals surface area contributed by atoms with Crippen LogP contribution in [0.25, 0.3) is 0 Å². The molecule has 0 spiro atoms. The van der Waals surface area contributed by atoms with E-state index in [4.69, 9.17) is 10.4 Å². The molecule has 0 aliphatic rings. The van der Waals surface area contributed by atoms with Crippen molar-refractivity contribution in [1.82, 2.24) is 4.98 Å². The van der Waals surface area contributed by atoms with Gasteiger partial charge in [-0.1, -0.05) is 0 Å². The van der Waals surface area contributed by atoms with E-state index in [9.17, 15) is 13.6 Å². The van der Waals surface area contributed by atoms with Gasteiger partial charge < -0.3 is 5.11 Å². The maximum atomic E-state index is 12.5. The lowest BCUT2D eigenvalue weighted by Gasteiger charge is -2.06. The van der Waals surface area contributed by atoms with Crippen LogP contribution in [-0.4, -0.2) is 16.1 Å². The van der Waals surface area contributed by atoms with Gasteiger partial charge in [0.2, 0.25) is 0 Å². The summed E-state index contributed by atoms with van der Waals surface area (Å²) in [5, 5.41) is 17.2.